The van der Waals surface area contributed by atoms with Gasteiger partial charge in [-0.3, -0.25) is 4.79 Å². The third-order valence-corrected chi connectivity index (χ3v) is 6.76. The first-order valence-electron chi connectivity index (χ1n) is 8.02. The van der Waals surface area contributed by atoms with Gasteiger partial charge in [-0.25, -0.2) is 0 Å². The summed E-state index contributed by atoms with van der Waals surface area (Å²) >= 11 is 0. The molecule has 130 valence electrons. The molecule has 0 bridgehead atoms. The second-order valence-corrected chi connectivity index (χ2v) is 8.06. The highest BCUT2D eigenvalue weighted by Crippen LogP contribution is 2.48. The highest BCUT2D eigenvalue weighted by Gasteiger charge is 2.31. The molecule has 4 aromatic rings. The highest BCUT2D eigenvalue weighted by molar-refractivity contribution is 7.50. The molecule has 4 rings (SSSR count). The number of carbonyl (C=O) groups excluding carboxylic acids is 1. The Balaban J connectivity index is 2.00. The van der Waals surface area contributed by atoms with Gasteiger partial charge in [-0.15, -0.1) is 0 Å². The highest BCUT2D eigenvalue weighted by atomic mass is 32.2. The van der Waals surface area contributed by atoms with Gasteiger partial charge in [0.1, 0.15) is 0 Å². The van der Waals surface area contributed by atoms with Crippen LogP contribution in [0.25, 0.3) is 25.1 Å². The predicted molar refractivity (Wildman–Crippen MR) is 100 cm³/mol. The minimum absolute atomic E-state index is 0.00778. The Morgan fingerprint density at radius 1 is 0.846 bits per heavy atom. The van der Waals surface area contributed by atoms with Crippen LogP contribution in [0, 0.1) is 0 Å². The number of alkyl halides is 3. The van der Waals surface area contributed by atoms with Gasteiger partial charge in [0, 0.05) is 26.8 Å². The molecule has 0 saturated heterocycles. The van der Waals surface area contributed by atoms with E-state index in [0.29, 0.717) is 5.56 Å². The number of benzene rings is 3. The molecule has 1 unspecified atom stereocenters. The van der Waals surface area contributed by atoms with Crippen molar-refractivity contribution in [3.63, 3.8) is 0 Å². The zero-order chi connectivity index (χ0) is 18.5. The fraction of sp³-hybridized carbons (Fsp3) is 0.0952. The molecular weight excluding hydrogens is 357 g/mol. The zero-order valence-electron chi connectivity index (χ0n) is 13.8. The van der Waals surface area contributed by atoms with E-state index < -0.39 is 22.2 Å². The number of thiophene rings is 1. The van der Waals surface area contributed by atoms with Gasteiger partial charge < -0.3 is 0 Å². The van der Waals surface area contributed by atoms with Crippen molar-refractivity contribution >= 4 is 36.4 Å². The maximum atomic E-state index is 12.9. The largest absolute Gasteiger partial charge is 0.416 e. The Morgan fingerprint density at radius 2 is 1.50 bits per heavy atom. The quantitative estimate of drug-likeness (QED) is 0.275. The number of fused-ring (bicyclic) bond motifs is 3. The van der Waals surface area contributed by atoms with Gasteiger partial charge in [-0.1, -0.05) is 12.1 Å². The van der Waals surface area contributed by atoms with Crippen LogP contribution >= 0.6 is 10.5 Å². The summed E-state index contributed by atoms with van der Waals surface area (Å²) in [6.07, 6.45) is -4.34. The summed E-state index contributed by atoms with van der Waals surface area (Å²) in [5.41, 5.74) is -0.0131. The number of halogens is 3. The molecule has 0 N–H and O–H groups in total. The molecule has 0 aliphatic rings. The lowest BCUT2D eigenvalue weighted by atomic mass is 10.1. The number of hydrogen-bond acceptors (Lipinski definition) is 1. The average Bonchev–Trinajstić information content (AvgIpc) is 2.95. The van der Waals surface area contributed by atoms with Crippen LogP contribution in [-0.4, -0.2) is 5.78 Å². The van der Waals surface area contributed by atoms with Crippen molar-refractivity contribution in [3.8, 4) is 4.90 Å². The van der Waals surface area contributed by atoms with Gasteiger partial charge in [-0.2, -0.15) is 13.2 Å². The standard InChI is InChI=1S/C21H14F3OS/c1-13(25)14-6-11-20-18(12-14)17-4-2-3-5-19(17)26(20)16-9-7-15(8-10-16)21(22,23)24/h2-12H,1H3/q+1. The Morgan fingerprint density at radius 3 is 2.15 bits per heavy atom. The van der Waals surface area contributed by atoms with E-state index in [9.17, 15) is 18.0 Å². The predicted octanol–water partition coefficient (Wildman–Crippen LogP) is 6.95. The van der Waals surface area contributed by atoms with Crippen molar-refractivity contribution in [2.24, 2.45) is 0 Å². The van der Waals surface area contributed by atoms with E-state index in [4.69, 9.17) is 0 Å². The van der Waals surface area contributed by atoms with Crippen molar-refractivity contribution < 1.29 is 18.0 Å². The maximum Gasteiger partial charge on any atom is 0.416 e. The van der Waals surface area contributed by atoms with Gasteiger partial charge >= 0.3 is 6.18 Å². The molecule has 1 atom stereocenters. The molecule has 5 heteroatoms. The topological polar surface area (TPSA) is 17.1 Å². The third-order valence-electron chi connectivity index (χ3n) is 4.42. The summed E-state index contributed by atoms with van der Waals surface area (Å²) in [6, 6.07) is 18.8. The molecule has 0 fully saturated rings. The Hall–Kier alpha value is -2.66. The zero-order valence-corrected chi connectivity index (χ0v) is 14.6. The summed E-state index contributed by atoms with van der Waals surface area (Å²) in [5.74, 6) is -0.00778. The first kappa shape index (κ1) is 16.8. The molecule has 1 heterocycles. The van der Waals surface area contributed by atoms with Crippen LogP contribution in [-0.2, 0) is 6.18 Å². The van der Waals surface area contributed by atoms with Crippen LogP contribution in [0.5, 0.6) is 0 Å². The van der Waals surface area contributed by atoms with Gasteiger partial charge in [0.2, 0.25) is 0 Å². The normalized spacial score (nSPS) is 12.7. The van der Waals surface area contributed by atoms with Crippen molar-refractivity contribution in [1.82, 2.24) is 0 Å². The van der Waals surface area contributed by atoms with Crippen LogP contribution in [0.4, 0.5) is 13.2 Å². The third kappa shape index (κ3) is 2.69. The van der Waals surface area contributed by atoms with Crippen LogP contribution < -0.4 is 0 Å². The van der Waals surface area contributed by atoms with Gasteiger partial charge in [0.05, 0.1) is 5.56 Å². The van der Waals surface area contributed by atoms with Crippen LogP contribution in [0.1, 0.15) is 22.8 Å². The van der Waals surface area contributed by atoms with Crippen molar-refractivity contribution in [2.45, 2.75) is 13.1 Å². The Kier molecular flexibility index (Phi) is 3.84. The summed E-state index contributed by atoms with van der Waals surface area (Å²) in [5, 5.41) is 2.02. The molecular formula is C21H14F3OS+. The molecule has 0 radical (unpaired) electrons. The molecule has 1 nitrogen and oxygen atoms in total. The Bertz CT molecular complexity index is 1140. The second-order valence-electron chi connectivity index (χ2n) is 6.09. The molecule has 3 aromatic carbocycles. The maximum absolute atomic E-state index is 12.9. The fourth-order valence-corrected chi connectivity index (χ4v) is 5.52. The monoisotopic (exact) mass is 371 g/mol. The summed E-state index contributed by atoms with van der Waals surface area (Å²) < 4.78 is 40.7. The Labute approximate surface area is 150 Å². The molecule has 0 aliphatic carbocycles. The summed E-state index contributed by atoms with van der Waals surface area (Å²) in [6.45, 7) is 1.53. The molecule has 0 amide bonds. The van der Waals surface area contributed by atoms with Gasteiger partial charge in [0.15, 0.2) is 20.1 Å². The van der Waals surface area contributed by atoms with E-state index in [-0.39, 0.29) is 5.78 Å². The van der Waals surface area contributed by atoms with E-state index in [0.717, 1.165) is 37.2 Å². The number of ketones is 1. The van der Waals surface area contributed by atoms with Crippen molar-refractivity contribution in [3.05, 3.63) is 77.9 Å². The van der Waals surface area contributed by atoms with Crippen LogP contribution in [0.3, 0.4) is 0 Å². The lowest BCUT2D eigenvalue weighted by molar-refractivity contribution is -0.137. The number of Topliss-reactive ketones (excluding diaryl/α,β-unsaturated/α-hetero) is 1. The smallest absolute Gasteiger partial charge is 0.295 e. The summed E-state index contributed by atoms with van der Waals surface area (Å²) in [7, 11) is -0.476. The van der Waals surface area contributed by atoms with Crippen molar-refractivity contribution in [2.75, 3.05) is 0 Å². The SMILES string of the molecule is CC(=O)c1ccc2c(c1)c1ccccc1[s+]2-c1ccc(C(F)(F)F)cc1. The van der Waals surface area contributed by atoms with E-state index >= 15 is 0 Å². The minimum Gasteiger partial charge on any atom is -0.295 e. The van der Waals surface area contributed by atoms with E-state index in [1.807, 2.05) is 36.4 Å². The molecule has 0 aliphatic heterocycles. The molecule has 0 spiro atoms. The second kappa shape index (κ2) is 5.95. The number of rotatable bonds is 2. The first-order chi connectivity index (χ1) is 12.4. The molecule has 1 aromatic heterocycles. The fourth-order valence-electron chi connectivity index (χ4n) is 3.16. The van der Waals surface area contributed by atoms with E-state index in [2.05, 4.69) is 0 Å². The van der Waals surface area contributed by atoms with Crippen LogP contribution in [0.2, 0.25) is 0 Å². The molecule has 0 saturated carbocycles. The number of carbonyl (C=O) groups is 1. The van der Waals surface area contributed by atoms with Crippen LogP contribution in [0.15, 0.2) is 66.7 Å². The minimum atomic E-state index is -4.34. The average molecular weight is 371 g/mol. The first-order valence-corrected chi connectivity index (χ1v) is 9.24. The lowest BCUT2D eigenvalue weighted by Gasteiger charge is -2.05. The van der Waals surface area contributed by atoms with Gasteiger partial charge in [-0.05, 0) is 61.5 Å². The summed E-state index contributed by atoms with van der Waals surface area (Å²) in [4.78, 5) is 12.6. The van der Waals surface area contributed by atoms with E-state index in [1.165, 1.54) is 6.92 Å². The number of hydrogen-bond donors (Lipinski definition) is 0. The van der Waals surface area contributed by atoms with E-state index in [1.54, 1.807) is 18.2 Å². The molecule has 26 heavy (non-hydrogen) atoms. The van der Waals surface area contributed by atoms with Gasteiger partial charge in [0.25, 0.3) is 0 Å². The lowest BCUT2D eigenvalue weighted by Crippen LogP contribution is -2.03. The van der Waals surface area contributed by atoms with Crippen molar-refractivity contribution in [1.29, 1.82) is 0 Å².